The Morgan fingerprint density at radius 2 is 2.24 bits per heavy atom. The summed E-state index contributed by atoms with van der Waals surface area (Å²) in [6.07, 6.45) is -0.696. The van der Waals surface area contributed by atoms with Crippen molar-refractivity contribution >= 4 is 33.2 Å². The Morgan fingerprint density at radius 1 is 1.48 bits per heavy atom. The van der Waals surface area contributed by atoms with Crippen molar-refractivity contribution in [1.82, 2.24) is 5.32 Å². The van der Waals surface area contributed by atoms with Crippen molar-refractivity contribution in [3.63, 3.8) is 0 Å². The molecule has 0 unspecified atom stereocenters. The van der Waals surface area contributed by atoms with Crippen LogP contribution in [0.15, 0.2) is 34.1 Å². The molecule has 0 aliphatic rings. The van der Waals surface area contributed by atoms with Crippen LogP contribution in [0.1, 0.15) is 26.9 Å². The fraction of sp³-hybridized carbons (Fsp3) is 0.267. The first kappa shape index (κ1) is 16.0. The second-order valence-electron chi connectivity index (χ2n) is 4.54. The number of aliphatic hydroxyl groups is 1. The number of ether oxygens (including phenoxy) is 1. The SMILES string of the molecule is COc1ccc(Br)c(C(=O)NC[C@@H](O)c2sccc2C)c1. The number of aliphatic hydroxyl groups excluding tert-OH is 1. The molecule has 0 bridgehead atoms. The summed E-state index contributed by atoms with van der Waals surface area (Å²) in [5.74, 6) is 0.354. The molecular formula is C15H16BrNO3S. The van der Waals surface area contributed by atoms with Crippen LogP contribution in [0.3, 0.4) is 0 Å². The third kappa shape index (κ3) is 3.84. The van der Waals surface area contributed by atoms with Crippen molar-refractivity contribution in [3.8, 4) is 5.75 Å². The van der Waals surface area contributed by atoms with Gasteiger partial charge in [0.05, 0.1) is 12.7 Å². The number of benzene rings is 1. The van der Waals surface area contributed by atoms with E-state index in [1.807, 2.05) is 18.4 Å². The van der Waals surface area contributed by atoms with Gasteiger partial charge in [0.2, 0.25) is 0 Å². The van der Waals surface area contributed by atoms with Gasteiger partial charge < -0.3 is 15.2 Å². The van der Waals surface area contributed by atoms with E-state index >= 15 is 0 Å². The second-order valence-corrected chi connectivity index (χ2v) is 6.34. The van der Waals surface area contributed by atoms with Crippen LogP contribution in [-0.2, 0) is 0 Å². The van der Waals surface area contributed by atoms with Crippen LogP contribution in [0.5, 0.6) is 5.75 Å². The zero-order valence-electron chi connectivity index (χ0n) is 11.7. The fourth-order valence-electron chi connectivity index (χ4n) is 1.91. The lowest BCUT2D eigenvalue weighted by Gasteiger charge is -2.13. The van der Waals surface area contributed by atoms with Crippen LogP contribution in [-0.4, -0.2) is 24.7 Å². The number of hydrogen-bond donors (Lipinski definition) is 2. The number of rotatable bonds is 5. The highest BCUT2D eigenvalue weighted by Crippen LogP contribution is 2.24. The average molecular weight is 370 g/mol. The number of aryl methyl sites for hydroxylation is 1. The summed E-state index contributed by atoms with van der Waals surface area (Å²) in [5, 5.41) is 14.8. The second kappa shape index (κ2) is 7.06. The minimum atomic E-state index is -0.696. The van der Waals surface area contributed by atoms with Crippen LogP contribution < -0.4 is 10.1 Å². The number of amides is 1. The van der Waals surface area contributed by atoms with Gasteiger partial charge in [-0.25, -0.2) is 0 Å². The zero-order chi connectivity index (χ0) is 15.4. The van der Waals surface area contributed by atoms with Crippen molar-refractivity contribution in [3.05, 3.63) is 50.1 Å². The lowest BCUT2D eigenvalue weighted by Crippen LogP contribution is -2.28. The third-order valence-corrected chi connectivity index (χ3v) is 4.89. The summed E-state index contributed by atoms with van der Waals surface area (Å²) in [5.41, 5.74) is 1.51. The highest BCUT2D eigenvalue weighted by Gasteiger charge is 2.16. The molecule has 2 aromatic rings. The lowest BCUT2D eigenvalue weighted by atomic mass is 10.1. The smallest absolute Gasteiger partial charge is 0.252 e. The molecule has 112 valence electrons. The van der Waals surface area contributed by atoms with Crippen LogP contribution in [0.2, 0.25) is 0 Å². The van der Waals surface area contributed by atoms with Gasteiger partial charge in [0, 0.05) is 15.9 Å². The molecule has 6 heteroatoms. The van der Waals surface area contributed by atoms with Crippen LogP contribution in [0, 0.1) is 6.92 Å². The summed E-state index contributed by atoms with van der Waals surface area (Å²) in [6.45, 7) is 2.11. The Labute approximate surface area is 135 Å². The quantitative estimate of drug-likeness (QED) is 0.849. The number of hydrogen-bond acceptors (Lipinski definition) is 4. The van der Waals surface area contributed by atoms with E-state index in [4.69, 9.17) is 4.74 Å². The Kier molecular flexibility index (Phi) is 5.39. The molecule has 0 spiro atoms. The van der Waals surface area contributed by atoms with E-state index in [0.717, 1.165) is 10.4 Å². The summed E-state index contributed by atoms with van der Waals surface area (Å²) < 4.78 is 5.79. The number of carbonyl (C=O) groups is 1. The van der Waals surface area contributed by atoms with E-state index in [0.29, 0.717) is 15.8 Å². The molecule has 1 heterocycles. The minimum absolute atomic E-state index is 0.170. The van der Waals surface area contributed by atoms with Gasteiger partial charge >= 0.3 is 0 Å². The van der Waals surface area contributed by atoms with Gasteiger partial charge in [-0.3, -0.25) is 4.79 Å². The van der Waals surface area contributed by atoms with Gasteiger partial charge in [0.15, 0.2) is 0 Å². The predicted molar refractivity (Wildman–Crippen MR) is 87.0 cm³/mol. The molecule has 0 fully saturated rings. The van der Waals surface area contributed by atoms with Crippen molar-refractivity contribution in [2.24, 2.45) is 0 Å². The lowest BCUT2D eigenvalue weighted by molar-refractivity contribution is 0.0916. The summed E-state index contributed by atoms with van der Waals surface area (Å²) in [4.78, 5) is 13.1. The highest BCUT2D eigenvalue weighted by atomic mass is 79.9. The maximum absolute atomic E-state index is 12.2. The van der Waals surface area contributed by atoms with Gasteiger partial charge in [-0.1, -0.05) is 0 Å². The highest BCUT2D eigenvalue weighted by molar-refractivity contribution is 9.10. The van der Waals surface area contributed by atoms with E-state index in [-0.39, 0.29) is 12.5 Å². The number of thiophene rings is 1. The standard InChI is InChI=1S/C15H16BrNO3S/c1-9-5-6-21-14(9)13(18)8-17-15(19)11-7-10(20-2)3-4-12(11)16/h3-7,13,18H,8H2,1-2H3,(H,17,19)/t13-/m1/s1. The monoisotopic (exact) mass is 369 g/mol. The van der Waals surface area contributed by atoms with Crippen molar-refractivity contribution in [2.75, 3.05) is 13.7 Å². The zero-order valence-corrected chi connectivity index (χ0v) is 14.1. The van der Waals surface area contributed by atoms with E-state index < -0.39 is 6.10 Å². The van der Waals surface area contributed by atoms with E-state index in [1.54, 1.807) is 25.3 Å². The molecule has 21 heavy (non-hydrogen) atoms. The predicted octanol–water partition coefficient (Wildman–Crippen LogP) is 3.29. The Morgan fingerprint density at radius 3 is 2.86 bits per heavy atom. The van der Waals surface area contributed by atoms with Gasteiger partial charge in [0.1, 0.15) is 11.9 Å². The first-order valence-corrected chi connectivity index (χ1v) is 8.04. The van der Waals surface area contributed by atoms with Gasteiger partial charge in [0.25, 0.3) is 5.91 Å². The molecule has 1 aromatic heterocycles. The fourth-order valence-corrected chi connectivity index (χ4v) is 3.25. The molecule has 0 saturated heterocycles. The summed E-state index contributed by atoms with van der Waals surface area (Å²) in [6, 6.07) is 7.13. The Balaban J connectivity index is 2.03. The largest absolute Gasteiger partial charge is 0.497 e. The van der Waals surface area contributed by atoms with E-state index in [2.05, 4.69) is 21.2 Å². The van der Waals surface area contributed by atoms with Gasteiger partial charge in [-0.05, 0) is 58.1 Å². The number of nitrogens with one attached hydrogen (secondary N) is 1. The van der Waals surface area contributed by atoms with Crippen LogP contribution in [0.4, 0.5) is 0 Å². The molecule has 1 amide bonds. The summed E-state index contributed by atoms with van der Waals surface area (Å²) >= 11 is 4.82. The number of methoxy groups -OCH3 is 1. The first-order chi connectivity index (χ1) is 10.0. The van der Waals surface area contributed by atoms with Gasteiger partial charge in [-0.15, -0.1) is 11.3 Å². The maximum atomic E-state index is 12.2. The van der Waals surface area contributed by atoms with Crippen molar-refractivity contribution in [1.29, 1.82) is 0 Å². The molecule has 0 saturated carbocycles. The van der Waals surface area contributed by atoms with E-state index in [1.165, 1.54) is 11.3 Å². The summed E-state index contributed by atoms with van der Waals surface area (Å²) in [7, 11) is 1.55. The van der Waals surface area contributed by atoms with Crippen molar-refractivity contribution in [2.45, 2.75) is 13.0 Å². The molecule has 4 nitrogen and oxygen atoms in total. The van der Waals surface area contributed by atoms with E-state index in [9.17, 15) is 9.90 Å². The molecule has 2 N–H and O–H groups in total. The maximum Gasteiger partial charge on any atom is 0.252 e. The Hall–Kier alpha value is -1.37. The molecule has 2 rings (SSSR count). The number of carbonyl (C=O) groups excluding carboxylic acids is 1. The molecular weight excluding hydrogens is 354 g/mol. The topological polar surface area (TPSA) is 58.6 Å². The van der Waals surface area contributed by atoms with Crippen LogP contribution >= 0.6 is 27.3 Å². The molecule has 0 aliphatic carbocycles. The Bertz CT molecular complexity index is 642. The molecule has 0 radical (unpaired) electrons. The minimum Gasteiger partial charge on any atom is -0.497 e. The molecule has 0 aliphatic heterocycles. The average Bonchev–Trinajstić information content (AvgIpc) is 2.91. The van der Waals surface area contributed by atoms with Gasteiger partial charge in [-0.2, -0.15) is 0 Å². The van der Waals surface area contributed by atoms with Crippen LogP contribution in [0.25, 0.3) is 0 Å². The van der Waals surface area contributed by atoms with Crippen molar-refractivity contribution < 1.29 is 14.6 Å². The molecule has 1 atom stereocenters. The molecule has 1 aromatic carbocycles. The third-order valence-electron chi connectivity index (χ3n) is 3.08. The first-order valence-electron chi connectivity index (χ1n) is 6.36. The number of halogens is 1. The normalized spacial score (nSPS) is 12.0.